The van der Waals surface area contributed by atoms with E-state index in [-0.39, 0.29) is 5.70 Å². The highest BCUT2D eigenvalue weighted by molar-refractivity contribution is 8.03. The fraction of sp³-hybridized carbons (Fsp3) is 0.172. The molecule has 168 valence electrons. The lowest BCUT2D eigenvalue weighted by atomic mass is 10.0. The maximum atomic E-state index is 12.4. The van der Waals surface area contributed by atoms with Crippen LogP contribution in [0, 0.1) is 13.5 Å². The van der Waals surface area contributed by atoms with Crippen LogP contribution in [0.25, 0.3) is 21.2 Å². The predicted molar refractivity (Wildman–Crippen MR) is 139 cm³/mol. The zero-order chi connectivity index (χ0) is 23.7. The van der Waals surface area contributed by atoms with Crippen LogP contribution in [0.5, 0.6) is 0 Å². The molecule has 4 nitrogen and oxygen atoms in total. The standard InChI is InChI=1S/C29H24N2O2S/c1-4-5-18-31-25(34-24-16-14-20-8-6-7-9-22(20)28(24)31)17-15-23-26(27(30-3)29(32)33-23)21-12-10-19(2)11-13-21/h6-17H,4-5,18H2,1-2H3/b23-15-,25-17-. The Morgan fingerprint density at radius 2 is 1.85 bits per heavy atom. The molecule has 5 rings (SSSR count). The van der Waals surface area contributed by atoms with Gasteiger partial charge in [-0.2, -0.15) is 0 Å². The summed E-state index contributed by atoms with van der Waals surface area (Å²) in [6.07, 6.45) is 6.02. The number of anilines is 1. The first-order valence-corrected chi connectivity index (χ1v) is 12.2. The lowest BCUT2D eigenvalue weighted by Gasteiger charge is -2.21. The topological polar surface area (TPSA) is 33.9 Å². The van der Waals surface area contributed by atoms with Crippen molar-refractivity contribution in [1.29, 1.82) is 0 Å². The largest absolute Gasteiger partial charge is 0.432 e. The Morgan fingerprint density at radius 3 is 2.62 bits per heavy atom. The van der Waals surface area contributed by atoms with Gasteiger partial charge in [-0.25, -0.2) is 4.85 Å². The molecule has 0 spiro atoms. The minimum Gasteiger partial charge on any atom is -0.432 e. The highest BCUT2D eigenvalue weighted by Gasteiger charge is 2.32. The van der Waals surface area contributed by atoms with Crippen molar-refractivity contribution in [1.82, 2.24) is 0 Å². The second kappa shape index (κ2) is 9.24. The van der Waals surface area contributed by atoms with E-state index in [1.165, 1.54) is 21.4 Å². The van der Waals surface area contributed by atoms with Gasteiger partial charge >= 0.3 is 5.97 Å². The number of carbonyl (C=O) groups excluding carboxylic acids is 1. The molecule has 3 aromatic carbocycles. The summed E-state index contributed by atoms with van der Waals surface area (Å²) in [6.45, 7) is 12.6. The number of cyclic esters (lactones) is 1. The van der Waals surface area contributed by atoms with Gasteiger partial charge in [0, 0.05) is 22.4 Å². The molecule has 0 amide bonds. The zero-order valence-electron chi connectivity index (χ0n) is 19.2. The highest BCUT2D eigenvalue weighted by Crippen LogP contribution is 2.49. The van der Waals surface area contributed by atoms with Gasteiger partial charge in [-0.1, -0.05) is 85.3 Å². The molecule has 2 heterocycles. The van der Waals surface area contributed by atoms with E-state index in [2.05, 4.69) is 53.1 Å². The van der Waals surface area contributed by atoms with Crippen LogP contribution in [0.15, 0.2) is 94.2 Å². The lowest BCUT2D eigenvalue weighted by Crippen LogP contribution is -2.19. The first kappa shape index (κ1) is 22.1. The van der Waals surface area contributed by atoms with Crippen LogP contribution in [0.1, 0.15) is 30.9 Å². The third kappa shape index (κ3) is 3.91. The molecule has 0 saturated carbocycles. The number of carbonyl (C=O) groups is 1. The van der Waals surface area contributed by atoms with Gasteiger partial charge in [0.2, 0.25) is 0 Å². The summed E-state index contributed by atoms with van der Waals surface area (Å²) in [5, 5.41) is 3.55. The molecule has 3 aromatic rings. The Kier molecular flexibility index (Phi) is 6.00. The van der Waals surface area contributed by atoms with E-state index in [9.17, 15) is 4.79 Å². The van der Waals surface area contributed by atoms with E-state index in [1.807, 2.05) is 43.3 Å². The fourth-order valence-electron chi connectivity index (χ4n) is 4.32. The van der Waals surface area contributed by atoms with Crippen molar-refractivity contribution in [2.75, 3.05) is 11.4 Å². The normalized spacial score (nSPS) is 17.6. The van der Waals surface area contributed by atoms with Gasteiger partial charge in [-0.15, -0.1) is 0 Å². The molecule has 0 radical (unpaired) electrons. The van der Waals surface area contributed by atoms with Crippen molar-refractivity contribution >= 4 is 39.8 Å². The smallest absolute Gasteiger partial charge is 0.342 e. The second-order valence-corrected chi connectivity index (χ2v) is 9.43. The summed E-state index contributed by atoms with van der Waals surface area (Å²) in [4.78, 5) is 19.5. The monoisotopic (exact) mass is 464 g/mol. The number of benzene rings is 3. The first-order valence-electron chi connectivity index (χ1n) is 11.4. The lowest BCUT2D eigenvalue weighted by molar-refractivity contribution is -0.132. The summed E-state index contributed by atoms with van der Waals surface area (Å²) < 4.78 is 5.55. The average molecular weight is 465 g/mol. The predicted octanol–water partition coefficient (Wildman–Crippen LogP) is 7.47. The number of aryl methyl sites for hydroxylation is 1. The average Bonchev–Trinajstić information content (AvgIpc) is 3.38. The molecule has 0 bridgehead atoms. The molecule has 0 unspecified atom stereocenters. The maximum absolute atomic E-state index is 12.4. The molecule has 0 fully saturated rings. The van der Waals surface area contributed by atoms with Gasteiger partial charge in [-0.3, -0.25) is 4.79 Å². The zero-order valence-corrected chi connectivity index (χ0v) is 20.0. The third-order valence-electron chi connectivity index (χ3n) is 6.06. The Labute approximate surface area is 204 Å². The van der Waals surface area contributed by atoms with Gasteiger partial charge in [-0.05, 0) is 42.5 Å². The summed E-state index contributed by atoms with van der Waals surface area (Å²) in [5.41, 5.74) is 3.75. The van der Waals surface area contributed by atoms with E-state index in [1.54, 1.807) is 11.8 Å². The fourth-order valence-corrected chi connectivity index (χ4v) is 5.43. The number of allylic oxidation sites excluding steroid dienone is 3. The minimum absolute atomic E-state index is 0.0321. The van der Waals surface area contributed by atoms with Crippen LogP contribution >= 0.6 is 11.8 Å². The van der Waals surface area contributed by atoms with Crippen LogP contribution in [0.3, 0.4) is 0 Å². The van der Waals surface area contributed by atoms with Crippen LogP contribution < -0.4 is 4.90 Å². The molecule has 0 aromatic heterocycles. The molecular formula is C29H24N2O2S. The summed E-state index contributed by atoms with van der Waals surface area (Å²) >= 11 is 1.72. The maximum Gasteiger partial charge on any atom is 0.342 e. The number of esters is 1. The Morgan fingerprint density at radius 1 is 1.06 bits per heavy atom. The number of nitrogens with zero attached hydrogens (tertiary/aromatic N) is 2. The number of thioether (sulfide) groups is 1. The van der Waals surface area contributed by atoms with E-state index in [0.717, 1.165) is 35.5 Å². The molecule has 5 heteroatoms. The van der Waals surface area contributed by atoms with Crippen LogP contribution in [0.4, 0.5) is 5.69 Å². The van der Waals surface area contributed by atoms with Crippen molar-refractivity contribution in [3.05, 3.63) is 112 Å². The quantitative estimate of drug-likeness (QED) is 0.290. The minimum atomic E-state index is -0.591. The van der Waals surface area contributed by atoms with E-state index in [0.29, 0.717) is 11.3 Å². The molecule has 34 heavy (non-hydrogen) atoms. The number of hydrogen-bond acceptors (Lipinski definition) is 4. The van der Waals surface area contributed by atoms with Crippen molar-refractivity contribution in [2.24, 2.45) is 0 Å². The number of unbranched alkanes of at least 4 members (excludes halogenated alkanes) is 1. The van der Waals surface area contributed by atoms with Gasteiger partial charge in [0.25, 0.3) is 5.70 Å². The SMILES string of the molecule is [C-]#[N+]C1=C(c2ccc(C)cc2)/C(=C/C=C2\Sc3ccc4ccccc4c3N2CCCC)OC1=O. The Bertz CT molecular complexity index is 1420. The third-order valence-corrected chi connectivity index (χ3v) is 7.17. The van der Waals surface area contributed by atoms with Crippen molar-refractivity contribution < 1.29 is 9.53 Å². The first-order chi connectivity index (χ1) is 16.6. The number of ether oxygens (including phenoxy) is 1. The van der Waals surface area contributed by atoms with Gasteiger partial charge in [0.05, 0.1) is 17.3 Å². The molecule has 0 N–H and O–H groups in total. The molecule has 0 saturated heterocycles. The second-order valence-electron chi connectivity index (χ2n) is 8.37. The number of rotatable bonds is 5. The summed E-state index contributed by atoms with van der Waals surface area (Å²) in [6, 6.07) is 20.6. The number of fused-ring (bicyclic) bond motifs is 3. The highest BCUT2D eigenvalue weighted by atomic mass is 32.2. The Hall–Kier alpha value is -3.75. The van der Waals surface area contributed by atoms with Gasteiger partial charge < -0.3 is 9.64 Å². The number of hydrogen-bond donors (Lipinski definition) is 0. The van der Waals surface area contributed by atoms with Crippen LogP contribution in [-0.4, -0.2) is 12.5 Å². The van der Waals surface area contributed by atoms with E-state index < -0.39 is 5.97 Å². The molecule has 0 aliphatic carbocycles. The molecule has 0 atom stereocenters. The van der Waals surface area contributed by atoms with Crippen LogP contribution in [0.2, 0.25) is 0 Å². The molecule has 2 aliphatic rings. The van der Waals surface area contributed by atoms with E-state index in [4.69, 9.17) is 11.3 Å². The van der Waals surface area contributed by atoms with E-state index >= 15 is 0 Å². The van der Waals surface area contributed by atoms with Crippen molar-refractivity contribution in [2.45, 2.75) is 31.6 Å². The van der Waals surface area contributed by atoms with Crippen LogP contribution in [-0.2, 0) is 9.53 Å². The van der Waals surface area contributed by atoms with Crippen molar-refractivity contribution in [3.8, 4) is 0 Å². The van der Waals surface area contributed by atoms with Gasteiger partial charge in [0.15, 0.2) is 0 Å². The van der Waals surface area contributed by atoms with Gasteiger partial charge in [0.1, 0.15) is 5.76 Å². The molecular weight excluding hydrogens is 440 g/mol. The Balaban J connectivity index is 1.58. The summed E-state index contributed by atoms with van der Waals surface area (Å²) in [7, 11) is 0. The summed E-state index contributed by atoms with van der Waals surface area (Å²) in [5.74, 6) is -0.171. The van der Waals surface area contributed by atoms with Crippen molar-refractivity contribution in [3.63, 3.8) is 0 Å². The molecule has 2 aliphatic heterocycles.